The Labute approximate surface area is 201 Å². The minimum Gasteiger partial charge on any atom is -0.352 e. The number of carbonyl (C=O) groups is 1. The molecule has 1 unspecified atom stereocenters. The van der Waals surface area contributed by atoms with Crippen molar-refractivity contribution in [2.24, 2.45) is 11.8 Å². The van der Waals surface area contributed by atoms with E-state index in [1.807, 2.05) is 18.2 Å². The number of amides is 1. The van der Waals surface area contributed by atoms with E-state index in [2.05, 4.69) is 36.2 Å². The Kier molecular flexibility index (Phi) is 6.03. The maximum atomic E-state index is 12.9. The fourth-order valence-electron chi connectivity index (χ4n) is 5.83. The lowest BCUT2D eigenvalue weighted by Crippen LogP contribution is -2.58. The van der Waals surface area contributed by atoms with Crippen molar-refractivity contribution in [3.8, 4) is 0 Å². The molecule has 1 N–H and O–H groups in total. The molecule has 2 aromatic rings. The number of rotatable bonds is 6. The fraction of sp³-hybridized carbons (Fsp3) is 0.519. The lowest BCUT2D eigenvalue weighted by atomic mass is 9.59. The van der Waals surface area contributed by atoms with Crippen LogP contribution in [0.1, 0.15) is 60.2 Å². The number of likely N-dealkylation sites (tertiary alicyclic amines) is 1. The van der Waals surface area contributed by atoms with E-state index in [0.29, 0.717) is 28.5 Å². The molecule has 2 aromatic carbocycles. The SMILES string of the molecule is C[C@H]1C2Cc3ccc(C(=O)NCCc4ccc(Cl)c(Cl)c4)cc3[C@@]1(C)CCN2CC1CC1. The van der Waals surface area contributed by atoms with Crippen LogP contribution in [0.4, 0.5) is 0 Å². The van der Waals surface area contributed by atoms with E-state index >= 15 is 0 Å². The van der Waals surface area contributed by atoms with Gasteiger partial charge in [0, 0.05) is 24.7 Å². The Balaban J connectivity index is 1.28. The summed E-state index contributed by atoms with van der Waals surface area (Å²) in [6.45, 7) is 7.88. The van der Waals surface area contributed by atoms with Crippen molar-refractivity contribution in [1.29, 1.82) is 0 Å². The molecule has 32 heavy (non-hydrogen) atoms. The average Bonchev–Trinajstić information content (AvgIpc) is 3.59. The molecule has 1 aliphatic heterocycles. The standard InChI is InChI=1S/C27H32Cl2N2O/c1-17-25-15-20-6-7-21(26(32)30-11-9-18-5-8-23(28)24(29)13-18)14-22(20)27(17,2)10-12-31(25)16-19-3-4-19/h5-8,13-14,17,19,25H,3-4,9-12,15-16H2,1-2H3,(H,30,32)/t17-,25?,27-/m0/s1. The van der Waals surface area contributed by atoms with Crippen molar-refractivity contribution in [3.63, 3.8) is 0 Å². The predicted octanol–water partition coefficient (Wildman–Crippen LogP) is 5.90. The minimum absolute atomic E-state index is 0.00240. The van der Waals surface area contributed by atoms with Gasteiger partial charge in [-0.05, 0) is 96.9 Å². The molecule has 5 heteroatoms. The lowest BCUT2D eigenvalue weighted by molar-refractivity contribution is 0.0284. The summed E-state index contributed by atoms with van der Waals surface area (Å²) in [5.41, 5.74) is 4.81. The van der Waals surface area contributed by atoms with E-state index in [0.717, 1.165) is 29.9 Å². The number of benzene rings is 2. The van der Waals surface area contributed by atoms with E-state index in [4.69, 9.17) is 23.2 Å². The summed E-state index contributed by atoms with van der Waals surface area (Å²) in [5, 5.41) is 4.18. The van der Waals surface area contributed by atoms with Crippen LogP contribution in [0.2, 0.25) is 10.0 Å². The van der Waals surface area contributed by atoms with E-state index < -0.39 is 0 Å². The van der Waals surface area contributed by atoms with Gasteiger partial charge in [0.15, 0.2) is 0 Å². The molecule has 1 saturated carbocycles. The van der Waals surface area contributed by atoms with Crippen molar-refractivity contribution < 1.29 is 4.79 Å². The van der Waals surface area contributed by atoms with Gasteiger partial charge < -0.3 is 5.32 Å². The highest BCUT2D eigenvalue weighted by Gasteiger charge is 2.49. The zero-order valence-electron chi connectivity index (χ0n) is 19.0. The quantitative estimate of drug-likeness (QED) is 0.569. The number of hydrogen-bond acceptors (Lipinski definition) is 2. The van der Waals surface area contributed by atoms with Gasteiger partial charge in [-0.25, -0.2) is 0 Å². The second-order valence-electron chi connectivity index (χ2n) is 10.3. The molecule has 1 amide bonds. The highest BCUT2D eigenvalue weighted by atomic mass is 35.5. The first-order valence-electron chi connectivity index (χ1n) is 11.9. The van der Waals surface area contributed by atoms with E-state index in [1.54, 1.807) is 6.07 Å². The molecule has 1 saturated heterocycles. The molecule has 3 nitrogen and oxygen atoms in total. The van der Waals surface area contributed by atoms with E-state index in [-0.39, 0.29) is 11.3 Å². The third-order valence-electron chi connectivity index (χ3n) is 8.26. The number of piperidine rings is 1. The van der Waals surface area contributed by atoms with Gasteiger partial charge in [0.05, 0.1) is 10.0 Å². The largest absolute Gasteiger partial charge is 0.352 e. The summed E-state index contributed by atoms with van der Waals surface area (Å²) in [5.74, 6) is 1.54. The van der Waals surface area contributed by atoms with Gasteiger partial charge in [-0.15, -0.1) is 0 Å². The molecule has 1 heterocycles. The predicted molar refractivity (Wildman–Crippen MR) is 132 cm³/mol. The summed E-state index contributed by atoms with van der Waals surface area (Å²) in [4.78, 5) is 15.7. The summed E-state index contributed by atoms with van der Waals surface area (Å²) in [7, 11) is 0. The topological polar surface area (TPSA) is 32.3 Å². The Morgan fingerprint density at radius 3 is 2.72 bits per heavy atom. The molecule has 170 valence electrons. The smallest absolute Gasteiger partial charge is 0.251 e. The van der Waals surface area contributed by atoms with Crippen LogP contribution in [0, 0.1) is 11.8 Å². The zero-order valence-corrected chi connectivity index (χ0v) is 20.5. The van der Waals surface area contributed by atoms with Crippen LogP contribution in [0.5, 0.6) is 0 Å². The molecule has 2 fully saturated rings. The number of fused-ring (bicyclic) bond motifs is 4. The second kappa shape index (κ2) is 8.66. The second-order valence-corrected chi connectivity index (χ2v) is 11.1. The first kappa shape index (κ1) is 22.3. The molecule has 0 aromatic heterocycles. The van der Waals surface area contributed by atoms with Crippen LogP contribution in [-0.2, 0) is 18.3 Å². The van der Waals surface area contributed by atoms with Gasteiger partial charge in [0.1, 0.15) is 0 Å². The number of halogens is 2. The Hall–Kier alpha value is -1.55. The molecular formula is C27H32Cl2N2O. The highest BCUT2D eigenvalue weighted by Crippen LogP contribution is 2.49. The van der Waals surface area contributed by atoms with Gasteiger partial charge in [0.2, 0.25) is 0 Å². The van der Waals surface area contributed by atoms with Crippen molar-refractivity contribution in [3.05, 3.63) is 68.7 Å². The molecule has 2 aliphatic carbocycles. The summed E-state index contributed by atoms with van der Waals surface area (Å²) < 4.78 is 0. The molecule has 0 radical (unpaired) electrons. The van der Waals surface area contributed by atoms with Crippen LogP contribution in [0.15, 0.2) is 36.4 Å². The Bertz CT molecular complexity index is 1030. The average molecular weight is 471 g/mol. The maximum Gasteiger partial charge on any atom is 0.251 e. The van der Waals surface area contributed by atoms with Crippen LogP contribution >= 0.6 is 23.2 Å². The number of carbonyl (C=O) groups excluding carboxylic acids is 1. The van der Waals surface area contributed by atoms with Gasteiger partial charge in [-0.3, -0.25) is 9.69 Å². The van der Waals surface area contributed by atoms with Gasteiger partial charge in [0.25, 0.3) is 5.91 Å². The van der Waals surface area contributed by atoms with Gasteiger partial charge in [-0.2, -0.15) is 0 Å². The summed E-state index contributed by atoms with van der Waals surface area (Å²) in [6, 6.07) is 12.6. The first-order chi connectivity index (χ1) is 15.3. The summed E-state index contributed by atoms with van der Waals surface area (Å²) >= 11 is 12.1. The van der Waals surface area contributed by atoms with Crippen molar-refractivity contribution in [2.75, 3.05) is 19.6 Å². The minimum atomic E-state index is -0.00240. The van der Waals surface area contributed by atoms with Crippen molar-refractivity contribution >= 4 is 29.1 Å². The Morgan fingerprint density at radius 2 is 1.97 bits per heavy atom. The first-order valence-corrected chi connectivity index (χ1v) is 12.7. The molecule has 3 aliphatic rings. The van der Waals surface area contributed by atoms with E-state index in [9.17, 15) is 4.79 Å². The van der Waals surface area contributed by atoms with Crippen LogP contribution < -0.4 is 5.32 Å². The van der Waals surface area contributed by atoms with Gasteiger partial charge >= 0.3 is 0 Å². The molecule has 5 rings (SSSR count). The lowest BCUT2D eigenvalue weighted by Gasteiger charge is -2.55. The fourth-order valence-corrected chi connectivity index (χ4v) is 6.15. The number of nitrogens with one attached hydrogen (secondary N) is 1. The molecular weight excluding hydrogens is 439 g/mol. The van der Waals surface area contributed by atoms with Crippen molar-refractivity contribution in [1.82, 2.24) is 10.2 Å². The number of nitrogens with zero attached hydrogens (tertiary/aromatic N) is 1. The van der Waals surface area contributed by atoms with Crippen LogP contribution in [0.3, 0.4) is 0 Å². The number of hydrogen-bond donors (Lipinski definition) is 1. The summed E-state index contributed by atoms with van der Waals surface area (Å²) in [6.07, 6.45) is 5.83. The van der Waals surface area contributed by atoms with Crippen LogP contribution in [-0.4, -0.2) is 36.5 Å². The van der Waals surface area contributed by atoms with E-state index in [1.165, 1.54) is 43.5 Å². The third-order valence-corrected chi connectivity index (χ3v) is 9.00. The van der Waals surface area contributed by atoms with Gasteiger partial charge in [-0.1, -0.05) is 49.2 Å². The monoisotopic (exact) mass is 470 g/mol. The zero-order chi connectivity index (χ0) is 22.5. The van der Waals surface area contributed by atoms with Crippen LogP contribution in [0.25, 0.3) is 0 Å². The molecule has 0 spiro atoms. The molecule has 3 atom stereocenters. The normalized spacial score (nSPS) is 27.1. The Morgan fingerprint density at radius 1 is 1.16 bits per heavy atom. The van der Waals surface area contributed by atoms with Crippen molar-refractivity contribution in [2.45, 2.75) is 57.4 Å². The third kappa shape index (κ3) is 4.20. The maximum absolute atomic E-state index is 12.9. The molecule has 2 bridgehead atoms. The highest BCUT2D eigenvalue weighted by molar-refractivity contribution is 6.42.